The van der Waals surface area contributed by atoms with Crippen molar-refractivity contribution in [3.05, 3.63) is 23.8 Å². The molecule has 1 saturated heterocycles. The highest BCUT2D eigenvalue weighted by molar-refractivity contribution is 7.89. The fraction of sp³-hybridized carbons (Fsp3) is 0.500. The number of hydrogen-bond acceptors (Lipinski definition) is 6. The molecule has 0 amide bonds. The Morgan fingerprint density at radius 3 is 2.39 bits per heavy atom. The van der Waals surface area contributed by atoms with Gasteiger partial charge in [0.15, 0.2) is 0 Å². The molecule has 0 atom stereocenters. The second-order valence-electron chi connectivity index (χ2n) is 5.10. The van der Waals surface area contributed by atoms with Gasteiger partial charge in [-0.25, -0.2) is 13.2 Å². The number of nitrogens with zero attached hydrogens (tertiary/aromatic N) is 1. The fourth-order valence-corrected chi connectivity index (χ4v) is 3.99. The molecule has 1 fully saturated rings. The van der Waals surface area contributed by atoms with E-state index in [9.17, 15) is 13.2 Å². The van der Waals surface area contributed by atoms with Gasteiger partial charge in [0.2, 0.25) is 10.0 Å². The Hall–Kier alpha value is -1.35. The average molecular weight is 365 g/mol. The van der Waals surface area contributed by atoms with Crippen LogP contribution in [0.25, 0.3) is 0 Å². The zero-order valence-electron chi connectivity index (χ0n) is 13.0. The largest absolute Gasteiger partial charge is 0.495 e. The molecule has 1 aliphatic rings. The monoisotopic (exact) mass is 364 g/mol. The molecule has 2 N–H and O–H groups in total. The lowest BCUT2D eigenvalue weighted by Crippen LogP contribution is -2.42. The lowest BCUT2D eigenvalue weighted by molar-refractivity contribution is 0.0600. The van der Waals surface area contributed by atoms with Crippen molar-refractivity contribution in [1.29, 1.82) is 0 Å². The number of sulfonamides is 1. The van der Waals surface area contributed by atoms with Gasteiger partial charge < -0.3 is 15.2 Å². The van der Waals surface area contributed by atoms with E-state index in [1.165, 1.54) is 36.7 Å². The highest BCUT2D eigenvalue weighted by Gasteiger charge is 2.31. The first-order valence-corrected chi connectivity index (χ1v) is 8.36. The molecule has 9 heteroatoms. The maximum atomic E-state index is 12.7. The van der Waals surface area contributed by atoms with E-state index in [2.05, 4.69) is 4.74 Å². The molecule has 1 aromatic carbocycles. The molecule has 1 heterocycles. The quantitative estimate of drug-likeness (QED) is 0.801. The first-order chi connectivity index (χ1) is 10.4. The Bertz CT molecular complexity index is 657. The van der Waals surface area contributed by atoms with Crippen LogP contribution >= 0.6 is 12.4 Å². The van der Waals surface area contributed by atoms with Gasteiger partial charge in [-0.15, -0.1) is 12.4 Å². The Morgan fingerprint density at radius 2 is 1.87 bits per heavy atom. The summed E-state index contributed by atoms with van der Waals surface area (Å²) in [6, 6.07) is 4.19. The summed E-state index contributed by atoms with van der Waals surface area (Å²) in [5.74, 6) is -0.427. The van der Waals surface area contributed by atoms with Gasteiger partial charge >= 0.3 is 5.97 Å². The van der Waals surface area contributed by atoms with Gasteiger partial charge in [-0.2, -0.15) is 4.31 Å². The van der Waals surface area contributed by atoms with E-state index < -0.39 is 16.0 Å². The predicted octanol–water partition coefficient (Wildman–Crippen LogP) is 1.02. The van der Waals surface area contributed by atoms with Gasteiger partial charge in [0.1, 0.15) is 10.6 Å². The fourth-order valence-electron chi connectivity index (χ4n) is 2.38. The number of esters is 1. The molecule has 1 aromatic rings. The van der Waals surface area contributed by atoms with Crippen molar-refractivity contribution in [3.63, 3.8) is 0 Å². The molecule has 1 aliphatic heterocycles. The van der Waals surface area contributed by atoms with Gasteiger partial charge in [-0.05, 0) is 31.0 Å². The van der Waals surface area contributed by atoms with Crippen molar-refractivity contribution >= 4 is 28.4 Å². The van der Waals surface area contributed by atoms with Crippen LogP contribution in [0.15, 0.2) is 23.1 Å². The van der Waals surface area contributed by atoms with Crippen LogP contribution in [0.4, 0.5) is 0 Å². The van der Waals surface area contributed by atoms with Crippen LogP contribution in [0, 0.1) is 0 Å². The van der Waals surface area contributed by atoms with E-state index >= 15 is 0 Å². The van der Waals surface area contributed by atoms with Crippen LogP contribution in [0.3, 0.4) is 0 Å². The minimum absolute atomic E-state index is 0. The number of ether oxygens (including phenoxy) is 2. The Morgan fingerprint density at radius 1 is 1.26 bits per heavy atom. The summed E-state index contributed by atoms with van der Waals surface area (Å²) in [4.78, 5) is 11.6. The zero-order chi connectivity index (χ0) is 16.3. The van der Waals surface area contributed by atoms with Crippen molar-refractivity contribution in [3.8, 4) is 5.75 Å². The number of methoxy groups -OCH3 is 2. The molecule has 0 bridgehead atoms. The second-order valence-corrected chi connectivity index (χ2v) is 7.01. The summed E-state index contributed by atoms with van der Waals surface area (Å²) in [5, 5.41) is 0. The summed E-state index contributed by atoms with van der Waals surface area (Å²) in [5.41, 5.74) is 6.04. The van der Waals surface area contributed by atoms with Crippen molar-refractivity contribution < 1.29 is 22.7 Å². The van der Waals surface area contributed by atoms with Gasteiger partial charge in [-0.1, -0.05) is 0 Å². The van der Waals surface area contributed by atoms with Crippen molar-refractivity contribution in [2.24, 2.45) is 5.73 Å². The number of halogens is 1. The van der Waals surface area contributed by atoms with Crippen molar-refractivity contribution in [2.75, 3.05) is 27.3 Å². The molecule has 0 saturated carbocycles. The molecule has 0 aliphatic carbocycles. The van der Waals surface area contributed by atoms with Crippen LogP contribution in [-0.4, -0.2) is 52.0 Å². The molecule has 0 radical (unpaired) electrons. The van der Waals surface area contributed by atoms with Crippen molar-refractivity contribution in [1.82, 2.24) is 4.31 Å². The smallest absolute Gasteiger partial charge is 0.337 e. The SMILES string of the molecule is COC(=O)c1ccc(S(=O)(=O)N2CCC(N)CC2)c(OC)c1.Cl. The minimum atomic E-state index is -3.68. The van der Waals surface area contributed by atoms with Crippen LogP contribution in [0.2, 0.25) is 0 Å². The lowest BCUT2D eigenvalue weighted by atomic mass is 10.1. The average Bonchev–Trinajstić information content (AvgIpc) is 2.53. The van der Waals surface area contributed by atoms with Gasteiger partial charge in [0, 0.05) is 19.1 Å². The summed E-state index contributed by atoms with van der Waals surface area (Å²) in [6.07, 6.45) is 1.25. The minimum Gasteiger partial charge on any atom is -0.495 e. The third-order valence-electron chi connectivity index (χ3n) is 3.70. The van der Waals surface area contributed by atoms with E-state index in [4.69, 9.17) is 10.5 Å². The molecular weight excluding hydrogens is 344 g/mol. The number of carbonyl (C=O) groups excluding carboxylic acids is 1. The number of carbonyl (C=O) groups is 1. The Balaban J connectivity index is 0.00000264. The number of rotatable bonds is 4. The van der Waals surface area contributed by atoms with E-state index in [0.717, 1.165) is 0 Å². The van der Waals surface area contributed by atoms with E-state index in [0.29, 0.717) is 25.9 Å². The maximum Gasteiger partial charge on any atom is 0.337 e. The van der Waals surface area contributed by atoms with Crippen LogP contribution in [-0.2, 0) is 14.8 Å². The lowest BCUT2D eigenvalue weighted by Gasteiger charge is -2.29. The van der Waals surface area contributed by atoms with Gasteiger partial charge in [0.25, 0.3) is 0 Å². The number of piperidine rings is 1. The molecular formula is C14H21ClN2O5S. The van der Waals surface area contributed by atoms with Crippen LogP contribution < -0.4 is 10.5 Å². The third kappa shape index (κ3) is 4.14. The van der Waals surface area contributed by atoms with Gasteiger partial charge in [-0.3, -0.25) is 0 Å². The molecule has 0 unspecified atom stereocenters. The second kappa shape index (κ2) is 7.96. The van der Waals surface area contributed by atoms with E-state index in [-0.39, 0.29) is 34.7 Å². The first kappa shape index (κ1) is 19.7. The number of nitrogens with two attached hydrogens (primary N) is 1. The third-order valence-corrected chi connectivity index (χ3v) is 5.64. The van der Waals surface area contributed by atoms with Crippen LogP contribution in [0.5, 0.6) is 5.75 Å². The molecule has 0 spiro atoms. The summed E-state index contributed by atoms with van der Waals surface area (Å²) < 4.78 is 36.6. The van der Waals surface area contributed by atoms with Gasteiger partial charge in [0.05, 0.1) is 19.8 Å². The highest BCUT2D eigenvalue weighted by atomic mass is 35.5. The molecule has 23 heavy (non-hydrogen) atoms. The molecule has 0 aromatic heterocycles. The number of benzene rings is 1. The summed E-state index contributed by atoms with van der Waals surface area (Å²) in [7, 11) is -1.05. The predicted molar refractivity (Wildman–Crippen MR) is 87.5 cm³/mol. The van der Waals surface area contributed by atoms with Crippen molar-refractivity contribution in [2.45, 2.75) is 23.8 Å². The Labute approximate surface area is 142 Å². The van der Waals surface area contributed by atoms with Crippen LogP contribution in [0.1, 0.15) is 23.2 Å². The maximum absolute atomic E-state index is 12.7. The standard InChI is InChI=1S/C14H20N2O5S.ClH/c1-20-12-9-10(14(17)21-2)3-4-13(12)22(18,19)16-7-5-11(15)6-8-16;/h3-4,9,11H,5-8,15H2,1-2H3;1H. The normalized spacial score (nSPS) is 16.5. The summed E-state index contributed by atoms with van der Waals surface area (Å²) in [6.45, 7) is 0.761. The molecule has 2 rings (SSSR count). The topological polar surface area (TPSA) is 98.9 Å². The first-order valence-electron chi connectivity index (χ1n) is 6.92. The summed E-state index contributed by atoms with van der Waals surface area (Å²) >= 11 is 0. The zero-order valence-corrected chi connectivity index (χ0v) is 14.7. The van der Waals surface area contributed by atoms with E-state index in [1.54, 1.807) is 0 Å². The molecule has 7 nitrogen and oxygen atoms in total. The molecule has 130 valence electrons. The van der Waals surface area contributed by atoms with E-state index in [1.807, 2.05) is 0 Å². The Kier molecular flexibility index (Phi) is 6.82. The number of hydrogen-bond donors (Lipinski definition) is 1. The highest BCUT2D eigenvalue weighted by Crippen LogP contribution is 2.29.